The van der Waals surface area contributed by atoms with Crippen molar-refractivity contribution in [2.75, 3.05) is 0 Å². The van der Waals surface area contributed by atoms with Gasteiger partial charge in [-0.15, -0.1) is 0 Å². The second kappa shape index (κ2) is 27.2. The van der Waals surface area contributed by atoms with Crippen LogP contribution in [0.2, 0.25) is 0 Å². The molecule has 268 valence electrons. The predicted molar refractivity (Wildman–Crippen MR) is 164 cm³/mol. The van der Waals surface area contributed by atoms with Crippen LogP contribution < -0.4 is 20.7 Å². The average Bonchev–Trinajstić information content (AvgIpc) is 3.84. The number of rotatable bonds is 8. The summed E-state index contributed by atoms with van der Waals surface area (Å²) in [5.74, 6) is 1.15. The second-order valence-corrected chi connectivity index (χ2v) is 7.85. The van der Waals surface area contributed by atoms with Crippen LogP contribution in [0.3, 0.4) is 0 Å². The monoisotopic (exact) mass is 816 g/mol. The van der Waals surface area contributed by atoms with E-state index in [0.717, 1.165) is 48.5 Å². The zero-order chi connectivity index (χ0) is 27.9. The van der Waals surface area contributed by atoms with Gasteiger partial charge in [0.2, 0.25) is 0 Å². The molecule has 28 nitrogen and oxygen atoms in total. The molecule has 6 heterocycles. The van der Waals surface area contributed by atoms with Crippen LogP contribution in [-0.4, -0.2) is 104 Å². The van der Waals surface area contributed by atoms with E-state index in [0.29, 0.717) is 22.8 Å². The first kappa shape index (κ1) is 57.6. The maximum absolute atomic E-state index is 4.56. The van der Waals surface area contributed by atoms with E-state index in [1.807, 2.05) is 27.7 Å². The van der Waals surface area contributed by atoms with Crippen molar-refractivity contribution >= 4 is 0 Å². The van der Waals surface area contributed by atoms with Gasteiger partial charge in [0.15, 0.2) is 0 Å². The van der Waals surface area contributed by atoms with Gasteiger partial charge in [0.25, 0.3) is 0 Å². The summed E-state index contributed by atoms with van der Waals surface area (Å²) >= 11 is 0. The SMILES string of the molecule is CCc1nc(-c2nn[n-]n2)c(-c2nn[n-]n2)nc1CC.CCc1nc(-c2nn[n-]n2)c(-c2nnn[n-]2)nc1CC.O.O.O.O.[OH3+].[OH3+].[OH3+].[OH3+].[Zn+2].[Zn+2]. The third-order valence-corrected chi connectivity index (χ3v) is 5.56. The van der Waals surface area contributed by atoms with Gasteiger partial charge in [-0.1, -0.05) is 27.7 Å². The van der Waals surface area contributed by atoms with E-state index in [1.54, 1.807) is 0 Å². The van der Waals surface area contributed by atoms with E-state index >= 15 is 0 Å². The quantitative estimate of drug-likeness (QED) is 0.102. The molecule has 0 spiro atoms. The predicted octanol–water partition coefficient (Wildman–Crippen LogP) is -8.55. The van der Waals surface area contributed by atoms with Crippen molar-refractivity contribution < 1.29 is 82.8 Å². The molecule has 0 aromatic carbocycles. The summed E-state index contributed by atoms with van der Waals surface area (Å²) in [4.78, 5) is 18.2. The van der Waals surface area contributed by atoms with Gasteiger partial charge in [-0.25, -0.2) is 35.2 Å². The fraction of sp³-hybridized carbons (Fsp3) is 0.400. The van der Waals surface area contributed by atoms with Gasteiger partial charge in [0.1, 0.15) is 22.8 Å². The van der Waals surface area contributed by atoms with Gasteiger partial charge < -0.3 is 64.2 Å². The molecule has 0 unspecified atom stereocenters. The zero-order valence-electron chi connectivity index (χ0n) is 27.5. The van der Waals surface area contributed by atoms with Crippen LogP contribution in [0.1, 0.15) is 50.5 Å². The fourth-order valence-electron chi connectivity index (χ4n) is 3.72. The largest absolute Gasteiger partial charge is 2.00 e. The Balaban J connectivity index is -0.000000161. The number of aryl methyl sites for hydroxylation is 4. The van der Waals surface area contributed by atoms with Crippen molar-refractivity contribution in [1.29, 1.82) is 0 Å². The Morgan fingerprint density at radius 2 is 0.720 bits per heavy atom. The van der Waals surface area contributed by atoms with E-state index < -0.39 is 0 Å². The third kappa shape index (κ3) is 12.4. The molecule has 0 fully saturated rings. The van der Waals surface area contributed by atoms with E-state index in [4.69, 9.17) is 0 Å². The van der Waals surface area contributed by atoms with Crippen LogP contribution in [0.25, 0.3) is 46.1 Å². The number of aromatic nitrogens is 20. The maximum atomic E-state index is 4.56. The van der Waals surface area contributed by atoms with Gasteiger partial charge in [-0.3, -0.25) is 41.6 Å². The van der Waals surface area contributed by atoms with Crippen LogP contribution in [-0.2, 0) is 86.5 Å². The zero-order valence-corrected chi connectivity index (χ0v) is 33.4. The number of nitrogens with zero attached hydrogens (tertiary/aromatic N) is 20. The van der Waals surface area contributed by atoms with E-state index in [1.165, 1.54) is 0 Å². The van der Waals surface area contributed by atoms with Crippen molar-refractivity contribution in [3.05, 3.63) is 22.8 Å². The third-order valence-electron chi connectivity index (χ3n) is 5.56. The van der Waals surface area contributed by atoms with Crippen LogP contribution in [0.5, 0.6) is 0 Å². The molecule has 0 radical (unpaired) electrons. The van der Waals surface area contributed by atoms with Crippen molar-refractivity contribution in [2.24, 2.45) is 0 Å². The smallest absolute Gasteiger partial charge is 0.457 e. The normalized spacial score (nSPS) is 8.72. The topological polar surface area (TPSA) is 521 Å². The molecule has 6 aromatic heterocycles. The van der Waals surface area contributed by atoms with Crippen LogP contribution >= 0.6 is 0 Å². The summed E-state index contributed by atoms with van der Waals surface area (Å²) in [6, 6.07) is 0. The Morgan fingerprint density at radius 1 is 0.420 bits per heavy atom. The van der Waals surface area contributed by atoms with Crippen LogP contribution in [0.4, 0.5) is 0 Å². The summed E-state index contributed by atoms with van der Waals surface area (Å²) in [5.41, 5.74) is 5.29. The first-order chi connectivity index (χ1) is 19.7. The maximum Gasteiger partial charge on any atom is 2.00 e. The van der Waals surface area contributed by atoms with Gasteiger partial charge in [-0.05, 0) is 25.7 Å². The summed E-state index contributed by atoms with van der Waals surface area (Å²) in [6.45, 7) is 8.04. The van der Waals surface area contributed by atoms with Crippen molar-refractivity contribution in [2.45, 2.75) is 53.4 Å². The minimum atomic E-state index is 0. The summed E-state index contributed by atoms with van der Waals surface area (Å²) in [6.07, 6.45) is 3.01. The molecule has 0 aliphatic carbocycles. The number of hydrogen-bond acceptors (Lipinski definition) is 16. The van der Waals surface area contributed by atoms with Crippen LogP contribution in [0, 0.1) is 0 Å². The Hall–Kier alpha value is -4.63. The van der Waals surface area contributed by atoms with Gasteiger partial charge >= 0.3 is 39.0 Å². The molecular formula is C20H40N20O8Zn2+4. The summed E-state index contributed by atoms with van der Waals surface area (Å²) in [5, 5.41) is 58.3. The molecule has 0 aliphatic rings. The molecule has 6 rings (SSSR count). The Labute approximate surface area is 306 Å². The molecular weight excluding hydrogens is 779 g/mol. The number of tetrazole rings is 4. The summed E-state index contributed by atoms with van der Waals surface area (Å²) in [7, 11) is 0. The Kier molecular flexibility index (Phi) is 31.4. The molecule has 0 aliphatic heterocycles. The van der Waals surface area contributed by atoms with Crippen LogP contribution in [0.15, 0.2) is 0 Å². The molecule has 0 atom stereocenters. The molecule has 0 bridgehead atoms. The Morgan fingerprint density at radius 3 is 0.960 bits per heavy atom. The minimum Gasteiger partial charge on any atom is -0.457 e. The first-order valence-corrected chi connectivity index (χ1v) is 12.2. The second-order valence-electron chi connectivity index (χ2n) is 7.85. The summed E-state index contributed by atoms with van der Waals surface area (Å²) < 4.78 is 0. The van der Waals surface area contributed by atoms with E-state index in [9.17, 15) is 0 Å². The van der Waals surface area contributed by atoms with Crippen molar-refractivity contribution in [3.63, 3.8) is 0 Å². The van der Waals surface area contributed by atoms with Gasteiger partial charge in [-0.2, -0.15) is 5.21 Å². The number of hydrogen-bond donors (Lipinski definition) is 0. The molecule has 20 N–H and O–H groups in total. The molecule has 50 heavy (non-hydrogen) atoms. The fourth-order valence-corrected chi connectivity index (χ4v) is 3.72. The van der Waals surface area contributed by atoms with Gasteiger partial charge in [0, 0.05) is 0 Å². The van der Waals surface area contributed by atoms with Crippen molar-refractivity contribution in [3.8, 4) is 46.1 Å². The molecule has 30 heteroatoms. The standard InChI is InChI=1S/2C10H10N10.8H2O.2Zn/c2*1-3-5-6(4-2)12-8(10-15-19-20-16-10)7(11-5)9-13-17-18-14-9;;;;;;;;;;/h2*3-4H2,1-2H3;8*1H2;;/q2*-2;;;;;;;;;2*+2/p+4. The first-order valence-electron chi connectivity index (χ1n) is 12.2. The van der Waals surface area contributed by atoms with E-state index in [2.05, 4.69) is 102 Å². The molecule has 0 amide bonds. The van der Waals surface area contributed by atoms with Gasteiger partial charge in [0.05, 0.1) is 46.1 Å². The average molecular weight is 819 g/mol. The van der Waals surface area contributed by atoms with Crippen molar-refractivity contribution in [1.82, 2.24) is 102 Å². The molecule has 6 aromatic rings. The Bertz CT molecular complexity index is 1420. The molecule has 0 saturated carbocycles. The van der Waals surface area contributed by atoms with E-state index in [-0.39, 0.29) is 106 Å². The minimum absolute atomic E-state index is 0. The molecule has 0 saturated heterocycles.